The summed E-state index contributed by atoms with van der Waals surface area (Å²) in [5, 5.41) is 6.38. The molecule has 0 radical (unpaired) electrons. The predicted octanol–water partition coefficient (Wildman–Crippen LogP) is -1.06. The molecule has 0 aliphatic carbocycles. The van der Waals surface area contributed by atoms with E-state index in [-0.39, 0.29) is 12.5 Å². The Hall–Kier alpha value is -1.85. The Morgan fingerprint density at radius 1 is 1.64 bits per heavy atom. The molecule has 1 rings (SSSR count). The van der Waals surface area contributed by atoms with Gasteiger partial charge in [-0.3, -0.25) is 14.3 Å². The minimum Gasteiger partial charge on any atom is -0.368 e. The fourth-order valence-corrected chi connectivity index (χ4v) is 1.08. The minimum absolute atomic E-state index is 0.164. The standard InChI is InChI=1S/C8H12N4O2/c1-5-3-6(12(2)11-5)8(14)10-4-7(9)13/h3H,4H2,1-2H3,(H2,9,13)(H,10,14). The van der Waals surface area contributed by atoms with Crippen molar-refractivity contribution < 1.29 is 9.59 Å². The van der Waals surface area contributed by atoms with E-state index in [9.17, 15) is 9.59 Å². The Kier molecular flexibility index (Phi) is 2.85. The number of hydrogen-bond donors (Lipinski definition) is 2. The van der Waals surface area contributed by atoms with E-state index in [1.165, 1.54) is 4.68 Å². The van der Waals surface area contributed by atoms with Crippen molar-refractivity contribution in [2.75, 3.05) is 6.54 Å². The first-order chi connectivity index (χ1) is 6.50. The molecule has 1 aromatic heterocycles. The molecule has 1 aromatic rings. The Morgan fingerprint density at radius 3 is 2.71 bits per heavy atom. The lowest BCUT2D eigenvalue weighted by molar-refractivity contribution is -0.117. The number of nitrogens with one attached hydrogen (secondary N) is 1. The zero-order chi connectivity index (χ0) is 10.7. The summed E-state index contributed by atoms with van der Waals surface area (Å²) in [7, 11) is 1.66. The van der Waals surface area contributed by atoms with Crippen molar-refractivity contribution in [2.24, 2.45) is 12.8 Å². The van der Waals surface area contributed by atoms with Crippen molar-refractivity contribution >= 4 is 11.8 Å². The largest absolute Gasteiger partial charge is 0.368 e. The maximum absolute atomic E-state index is 11.4. The molecule has 6 nitrogen and oxygen atoms in total. The van der Waals surface area contributed by atoms with Crippen molar-refractivity contribution in [1.29, 1.82) is 0 Å². The molecule has 3 N–H and O–H groups in total. The Labute approximate surface area is 81.1 Å². The minimum atomic E-state index is -0.572. The number of aromatic nitrogens is 2. The van der Waals surface area contributed by atoms with Gasteiger partial charge in [0.1, 0.15) is 5.69 Å². The molecule has 1 heterocycles. The number of rotatable bonds is 3. The Morgan fingerprint density at radius 2 is 2.29 bits per heavy atom. The molecule has 0 aliphatic heterocycles. The monoisotopic (exact) mass is 196 g/mol. The summed E-state index contributed by atoms with van der Waals surface area (Å²) in [5.41, 5.74) is 6.04. The summed E-state index contributed by atoms with van der Waals surface area (Å²) in [5.74, 6) is -0.927. The molecule has 14 heavy (non-hydrogen) atoms. The summed E-state index contributed by atoms with van der Waals surface area (Å²) >= 11 is 0. The number of nitrogens with two attached hydrogens (primary N) is 1. The van der Waals surface area contributed by atoms with E-state index in [0.717, 1.165) is 5.69 Å². The predicted molar refractivity (Wildman–Crippen MR) is 49.5 cm³/mol. The highest BCUT2D eigenvalue weighted by Gasteiger charge is 2.11. The lowest BCUT2D eigenvalue weighted by Gasteiger charge is -2.01. The molecule has 6 heteroatoms. The van der Waals surface area contributed by atoms with E-state index in [4.69, 9.17) is 5.73 Å². The van der Waals surface area contributed by atoms with Crippen LogP contribution in [0.5, 0.6) is 0 Å². The highest BCUT2D eigenvalue weighted by Crippen LogP contribution is 2.00. The van der Waals surface area contributed by atoms with Gasteiger partial charge in [-0.2, -0.15) is 5.10 Å². The maximum atomic E-state index is 11.4. The van der Waals surface area contributed by atoms with E-state index >= 15 is 0 Å². The third-order valence-corrected chi connectivity index (χ3v) is 1.66. The van der Waals surface area contributed by atoms with Crippen molar-refractivity contribution in [3.63, 3.8) is 0 Å². The molecule has 0 atom stereocenters. The molecule has 0 spiro atoms. The summed E-state index contributed by atoms with van der Waals surface area (Å²) < 4.78 is 1.45. The number of carbonyl (C=O) groups is 2. The lowest BCUT2D eigenvalue weighted by Crippen LogP contribution is -2.34. The van der Waals surface area contributed by atoms with Crippen LogP contribution in [0.4, 0.5) is 0 Å². The van der Waals surface area contributed by atoms with Crippen LogP contribution in [0.3, 0.4) is 0 Å². The van der Waals surface area contributed by atoms with Crippen molar-refractivity contribution in [3.8, 4) is 0 Å². The van der Waals surface area contributed by atoms with E-state index in [0.29, 0.717) is 5.69 Å². The first kappa shape index (κ1) is 10.2. The van der Waals surface area contributed by atoms with Crippen LogP contribution < -0.4 is 11.1 Å². The van der Waals surface area contributed by atoms with Gasteiger partial charge in [0.15, 0.2) is 0 Å². The van der Waals surface area contributed by atoms with E-state index < -0.39 is 5.91 Å². The topological polar surface area (TPSA) is 90.0 Å². The quantitative estimate of drug-likeness (QED) is 0.646. The van der Waals surface area contributed by atoms with Crippen LogP contribution in [0.1, 0.15) is 16.2 Å². The normalized spacial score (nSPS) is 9.86. The van der Waals surface area contributed by atoms with Crippen LogP contribution in [0, 0.1) is 6.92 Å². The third kappa shape index (κ3) is 2.32. The van der Waals surface area contributed by atoms with Crippen LogP contribution in [0.15, 0.2) is 6.07 Å². The van der Waals surface area contributed by atoms with Gasteiger partial charge in [-0.05, 0) is 13.0 Å². The highest BCUT2D eigenvalue weighted by atomic mass is 16.2. The number of aryl methyl sites for hydroxylation is 2. The molecule has 0 unspecified atom stereocenters. The molecule has 0 saturated heterocycles. The fraction of sp³-hybridized carbons (Fsp3) is 0.375. The van der Waals surface area contributed by atoms with Crippen molar-refractivity contribution in [1.82, 2.24) is 15.1 Å². The smallest absolute Gasteiger partial charge is 0.269 e. The molecule has 0 fully saturated rings. The second kappa shape index (κ2) is 3.91. The van der Waals surface area contributed by atoms with E-state index in [1.54, 1.807) is 20.0 Å². The number of hydrogen-bond acceptors (Lipinski definition) is 3. The van der Waals surface area contributed by atoms with Gasteiger partial charge in [-0.25, -0.2) is 0 Å². The molecule has 76 valence electrons. The fourth-order valence-electron chi connectivity index (χ4n) is 1.08. The highest BCUT2D eigenvalue weighted by molar-refractivity contribution is 5.94. The molecular weight excluding hydrogens is 184 g/mol. The number of nitrogens with zero attached hydrogens (tertiary/aromatic N) is 2. The van der Waals surface area contributed by atoms with Crippen LogP contribution in [-0.4, -0.2) is 28.1 Å². The molecule has 0 aromatic carbocycles. The molecule has 0 aliphatic rings. The summed E-state index contributed by atoms with van der Waals surface area (Å²) in [6.07, 6.45) is 0. The lowest BCUT2D eigenvalue weighted by atomic mass is 10.3. The average molecular weight is 196 g/mol. The molecular formula is C8H12N4O2. The van der Waals surface area contributed by atoms with Gasteiger partial charge in [0.2, 0.25) is 5.91 Å². The van der Waals surface area contributed by atoms with Gasteiger partial charge in [0.25, 0.3) is 5.91 Å². The number of primary amides is 1. The second-order valence-electron chi connectivity index (χ2n) is 2.94. The van der Waals surface area contributed by atoms with Crippen LogP contribution in [0.25, 0.3) is 0 Å². The summed E-state index contributed by atoms with van der Waals surface area (Å²) in [6, 6.07) is 1.64. The van der Waals surface area contributed by atoms with E-state index in [1.807, 2.05) is 0 Å². The first-order valence-electron chi connectivity index (χ1n) is 4.08. The third-order valence-electron chi connectivity index (χ3n) is 1.66. The van der Waals surface area contributed by atoms with Gasteiger partial charge in [0, 0.05) is 7.05 Å². The van der Waals surface area contributed by atoms with Crippen LogP contribution in [0.2, 0.25) is 0 Å². The average Bonchev–Trinajstić information content (AvgIpc) is 2.41. The number of amides is 2. The van der Waals surface area contributed by atoms with Gasteiger partial charge >= 0.3 is 0 Å². The van der Waals surface area contributed by atoms with Crippen LogP contribution >= 0.6 is 0 Å². The zero-order valence-corrected chi connectivity index (χ0v) is 8.07. The van der Waals surface area contributed by atoms with Crippen molar-refractivity contribution in [2.45, 2.75) is 6.92 Å². The Balaban J connectivity index is 2.69. The summed E-state index contributed by atoms with van der Waals surface area (Å²) in [6.45, 7) is 1.62. The molecule has 2 amide bonds. The zero-order valence-electron chi connectivity index (χ0n) is 8.07. The van der Waals surface area contributed by atoms with Crippen LogP contribution in [-0.2, 0) is 11.8 Å². The molecule has 0 saturated carbocycles. The SMILES string of the molecule is Cc1cc(C(=O)NCC(N)=O)n(C)n1. The Bertz CT molecular complexity index is 369. The maximum Gasteiger partial charge on any atom is 0.269 e. The van der Waals surface area contributed by atoms with Gasteiger partial charge in [-0.15, -0.1) is 0 Å². The van der Waals surface area contributed by atoms with Crippen molar-refractivity contribution in [3.05, 3.63) is 17.5 Å². The number of carbonyl (C=O) groups excluding carboxylic acids is 2. The second-order valence-corrected chi connectivity index (χ2v) is 2.94. The van der Waals surface area contributed by atoms with Gasteiger partial charge < -0.3 is 11.1 Å². The first-order valence-corrected chi connectivity index (χ1v) is 4.08. The van der Waals surface area contributed by atoms with Gasteiger partial charge in [-0.1, -0.05) is 0 Å². The van der Waals surface area contributed by atoms with E-state index in [2.05, 4.69) is 10.4 Å². The summed E-state index contributed by atoms with van der Waals surface area (Å²) in [4.78, 5) is 21.8. The van der Waals surface area contributed by atoms with Gasteiger partial charge in [0.05, 0.1) is 12.2 Å². The molecule has 0 bridgehead atoms.